The van der Waals surface area contributed by atoms with Crippen LogP contribution in [-0.2, 0) is 17.8 Å². The third-order valence-electron chi connectivity index (χ3n) is 3.57. The smallest absolute Gasteiger partial charge is 0.284 e. The van der Waals surface area contributed by atoms with Gasteiger partial charge in [-0.1, -0.05) is 0 Å². The predicted molar refractivity (Wildman–Crippen MR) is 112 cm³/mol. The molecule has 10 heteroatoms. The first-order chi connectivity index (χ1) is 11.9. The van der Waals surface area contributed by atoms with Gasteiger partial charge in [-0.05, 0) is 19.1 Å². The van der Waals surface area contributed by atoms with Crippen LogP contribution >= 0.6 is 35.3 Å². The van der Waals surface area contributed by atoms with E-state index in [1.54, 1.807) is 37.6 Å². The average Bonchev–Trinajstić information content (AvgIpc) is 3.24. The average molecular weight is 493 g/mol. The fourth-order valence-corrected chi connectivity index (χ4v) is 3.00. The minimum Gasteiger partial charge on any atom is -0.454 e. The number of primary amides is 1. The molecule has 2 aromatic rings. The zero-order chi connectivity index (χ0) is 18.4. The third kappa shape index (κ3) is 5.95. The quantitative estimate of drug-likeness (QED) is 0.349. The summed E-state index contributed by atoms with van der Waals surface area (Å²) in [6.45, 7) is 2.97. The molecule has 3 N–H and O–H groups in total. The molecule has 2 aromatic heterocycles. The third-order valence-corrected chi connectivity index (χ3v) is 4.62. The summed E-state index contributed by atoms with van der Waals surface area (Å²) in [5, 5.41) is 6.14. The van der Waals surface area contributed by atoms with Crippen molar-refractivity contribution in [1.82, 2.24) is 15.2 Å². The molecular formula is C16H24IN5O3S. The summed E-state index contributed by atoms with van der Waals surface area (Å²) in [5.74, 6) is 0.847. The number of thiazole rings is 1. The lowest BCUT2D eigenvalue weighted by Gasteiger charge is -2.20. The van der Waals surface area contributed by atoms with Gasteiger partial charge in [-0.25, -0.2) is 4.98 Å². The van der Waals surface area contributed by atoms with E-state index in [0.717, 1.165) is 10.7 Å². The molecule has 0 aliphatic heterocycles. The fourth-order valence-electron chi connectivity index (χ4n) is 2.16. The summed E-state index contributed by atoms with van der Waals surface area (Å²) in [6.07, 6.45) is -0.0140. The predicted octanol–water partition coefficient (Wildman–Crippen LogP) is 2.37. The molecule has 0 radical (unpaired) electrons. The lowest BCUT2D eigenvalue weighted by molar-refractivity contribution is 0.0972. The van der Waals surface area contributed by atoms with E-state index < -0.39 is 5.91 Å². The Balaban J connectivity index is 0.00000338. The molecule has 0 aromatic carbocycles. The number of halogens is 1. The Kier molecular flexibility index (Phi) is 9.02. The number of amides is 1. The lowest BCUT2D eigenvalue weighted by atomic mass is 10.4. The van der Waals surface area contributed by atoms with Gasteiger partial charge in [0, 0.05) is 26.6 Å². The Bertz CT molecular complexity index is 746. The van der Waals surface area contributed by atoms with Gasteiger partial charge in [-0.15, -0.1) is 35.3 Å². The Morgan fingerprint density at radius 1 is 1.54 bits per heavy atom. The highest BCUT2D eigenvalue weighted by Gasteiger charge is 2.13. The summed E-state index contributed by atoms with van der Waals surface area (Å²) in [5.41, 5.74) is 6.12. The molecule has 2 rings (SSSR count). The van der Waals surface area contributed by atoms with Crippen LogP contribution in [0.25, 0.3) is 0 Å². The van der Waals surface area contributed by atoms with Crippen LogP contribution < -0.4 is 11.1 Å². The number of rotatable bonds is 7. The molecule has 26 heavy (non-hydrogen) atoms. The van der Waals surface area contributed by atoms with Gasteiger partial charge < -0.3 is 25.1 Å². The molecule has 0 saturated carbocycles. The van der Waals surface area contributed by atoms with Crippen molar-refractivity contribution in [2.24, 2.45) is 10.7 Å². The minimum absolute atomic E-state index is 0. The summed E-state index contributed by atoms with van der Waals surface area (Å²) < 4.78 is 10.6. The van der Waals surface area contributed by atoms with Crippen molar-refractivity contribution < 1.29 is 13.9 Å². The van der Waals surface area contributed by atoms with Crippen molar-refractivity contribution in [1.29, 1.82) is 0 Å². The Morgan fingerprint density at radius 2 is 2.27 bits per heavy atom. The highest BCUT2D eigenvalue weighted by Crippen LogP contribution is 2.20. The number of nitrogens with one attached hydrogen (secondary N) is 1. The van der Waals surface area contributed by atoms with Gasteiger partial charge in [0.2, 0.25) is 0 Å². The van der Waals surface area contributed by atoms with Crippen LogP contribution in [0, 0.1) is 0 Å². The lowest BCUT2D eigenvalue weighted by Crippen LogP contribution is -2.38. The molecule has 0 aliphatic rings. The number of hydrogen-bond acceptors (Lipinski definition) is 6. The number of hydrogen-bond donors (Lipinski definition) is 2. The van der Waals surface area contributed by atoms with E-state index in [0.29, 0.717) is 24.8 Å². The molecule has 144 valence electrons. The topological polar surface area (TPSA) is 106 Å². The second-order valence-electron chi connectivity index (χ2n) is 5.44. The van der Waals surface area contributed by atoms with Crippen molar-refractivity contribution in [3.8, 4) is 0 Å². The summed E-state index contributed by atoms with van der Waals surface area (Å²) in [7, 11) is 5.29. The number of aromatic nitrogens is 1. The van der Waals surface area contributed by atoms with Gasteiger partial charge in [0.25, 0.3) is 5.91 Å². The highest BCUT2D eigenvalue weighted by atomic mass is 127. The molecule has 0 spiro atoms. The van der Waals surface area contributed by atoms with Crippen molar-refractivity contribution in [2.45, 2.75) is 26.1 Å². The minimum atomic E-state index is -0.586. The summed E-state index contributed by atoms with van der Waals surface area (Å²) in [6, 6.07) is 3.26. The zero-order valence-corrected chi connectivity index (χ0v) is 18.3. The SMILES string of the molecule is CN=C(NCc1ccc(C(N)=O)o1)N(C)Cc1csc(C(C)OC)n1.I. The first-order valence-corrected chi connectivity index (χ1v) is 8.60. The van der Waals surface area contributed by atoms with Crippen LogP contribution in [0.1, 0.15) is 40.0 Å². The van der Waals surface area contributed by atoms with Crippen LogP contribution in [-0.4, -0.2) is 43.0 Å². The molecule has 0 aliphatic carbocycles. The number of carbonyl (C=O) groups is 1. The maximum Gasteiger partial charge on any atom is 0.284 e. The van der Waals surface area contributed by atoms with Gasteiger partial charge >= 0.3 is 0 Å². The second-order valence-corrected chi connectivity index (χ2v) is 6.33. The fraction of sp³-hybridized carbons (Fsp3) is 0.438. The zero-order valence-electron chi connectivity index (χ0n) is 15.2. The first-order valence-electron chi connectivity index (χ1n) is 7.72. The summed E-state index contributed by atoms with van der Waals surface area (Å²) in [4.78, 5) is 21.8. The molecule has 8 nitrogen and oxygen atoms in total. The van der Waals surface area contributed by atoms with Crippen molar-refractivity contribution in [3.63, 3.8) is 0 Å². The highest BCUT2D eigenvalue weighted by molar-refractivity contribution is 14.0. The largest absolute Gasteiger partial charge is 0.454 e. The van der Waals surface area contributed by atoms with Gasteiger partial charge in [0.1, 0.15) is 16.9 Å². The van der Waals surface area contributed by atoms with Crippen LogP contribution in [0.2, 0.25) is 0 Å². The van der Waals surface area contributed by atoms with E-state index in [1.807, 2.05) is 24.3 Å². The van der Waals surface area contributed by atoms with Crippen LogP contribution in [0.4, 0.5) is 0 Å². The maximum absolute atomic E-state index is 11.1. The van der Waals surface area contributed by atoms with E-state index in [4.69, 9.17) is 14.9 Å². The number of aliphatic imine (C=N–C) groups is 1. The molecule has 1 atom stereocenters. The van der Waals surface area contributed by atoms with E-state index in [9.17, 15) is 4.79 Å². The van der Waals surface area contributed by atoms with Gasteiger partial charge in [-0.2, -0.15) is 0 Å². The van der Waals surface area contributed by atoms with Crippen molar-refractivity contribution >= 4 is 47.2 Å². The van der Waals surface area contributed by atoms with Gasteiger partial charge in [0.05, 0.1) is 18.8 Å². The van der Waals surface area contributed by atoms with Gasteiger partial charge in [0.15, 0.2) is 11.7 Å². The van der Waals surface area contributed by atoms with E-state index in [1.165, 1.54) is 0 Å². The number of furan rings is 1. The van der Waals surface area contributed by atoms with E-state index >= 15 is 0 Å². The van der Waals surface area contributed by atoms with Crippen molar-refractivity contribution in [2.75, 3.05) is 21.2 Å². The standard InChI is InChI=1S/C16H23N5O3S.HI/c1-10(23-4)15-20-11(9-25-15)8-21(3)16(18-2)19-7-12-5-6-13(24-12)14(17)22;/h5-6,9-10H,7-8H2,1-4H3,(H2,17,22)(H,18,19);1H. The monoisotopic (exact) mass is 493 g/mol. The second kappa shape index (κ2) is 10.5. The maximum atomic E-state index is 11.1. The summed E-state index contributed by atoms with van der Waals surface area (Å²) >= 11 is 1.58. The van der Waals surface area contributed by atoms with Crippen molar-refractivity contribution in [3.05, 3.63) is 39.7 Å². The first kappa shape index (κ1) is 22.4. The normalized spacial score (nSPS) is 12.4. The number of nitrogens with zero attached hydrogens (tertiary/aromatic N) is 3. The molecule has 0 bridgehead atoms. The molecule has 2 heterocycles. The number of ether oxygens (including phenoxy) is 1. The number of nitrogens with two attached hydrogens (primary N) is 1. The molecule has 0 saturated heterocycles. The molecular weight excluding hydrogens is 469 g/mol. The number of carbonyl (C=O) groups excluding carboxylic acids is 1. The molecule has 1 amide bonds. The molecule has 0 fully saturated rings. The number of guanidine groups is 1. The Hall–Kier alpha value is -1.66. The Labute approximate surface area is 173 Å². The van der Waals surface area contributed by atoms with Gasteiger partial charge in [-0.3, -0.25) is 9.79 Å². The Morgan fingerprint density at radius 3 is 2.85 bits per heavy atom. The van der Waals surface area contributed by atoms with E-state index in [-0.39, 0.29) is 35.8 Å². The van der Waals surface area contributed by atoms with Crippen LogP contribution in [0.5, 0.6) is 0 Å². The van der Waals surface area contributed by atoms with Crippen LogP contribution in [0.3, 0.4) is 0 Å². The number of methoxy groups -OCH3 is 1. The van der Waals surface area contributed by atoms with Crippen LogP contribution in [0.15, 0.2) is 26.9 Å². The van der Waals surface area contributed by atoms with E-state index in [2.05, 4.69) is 15.3 Å². The molecule has 1 unspecified atom stereocenters.